The van der Waals surface area contributed by atoms with Gasteiger partial charge >= 0.3 is 6.18 Å². The second-order valence-electron chi connectivity index (χ2n) is 6.31. The summed E-state index contributed by atoms with van der Waals surface area (Å²) in [6, 6.07) is 8.51. The molecule has 2 atom stereocenters. The maximum atomic E-state index is 14.5. The van der Waals surface area contributed by atoms with Crippen LogP contribution >= 0.6 is 0 Å². The van der Waals surface area contributed by atoms with Crippen LogP contribution in [0.1, 0.15) is 18.1 Å². The highest BCUT2D eigenvalue weighted by molar-refractivity contribution is 5.83. The van der Waals surface area contributed by atoms with Gasteiger partial charge in [-0.1, -0.05) is 0 Å². The largest absolute Gasteiger partial charge is 0.417 e. The van der Waals surface area contributed by atoms with Gasteiger partial charge in [-0.15, -0.1) is 0 Å². The van der Waals surface area contributed by atoms with Gasteiger partial charge in [0.15, 0.2) is 6.10 Å². The van der Waals surface area contributed by atoms with Crippen molar-refractivity contribution in [3.05, 3.63) is 53.5 Å². The predicted octanol–water partition coefficient (Wildman–Crippen LogP) is 3.37. The normalized spacial score (nSPS) is 22.3. The number of aromatic nitrogens is 1. The Bertz CT molecular complexity index is 969. The summed E-state index contributed by atoms with van der Waals surface area (Å²) in [6.45, 7) is 0.611. The number of nitriles is 1. The fraction of sp³-hybridized carbons (Fsp3) is 0.278. The number of anilines is 2. The van der Waals surface area contributed by atoms with Gasteiger partial charge in [0.25, 0.3) is 0 Å². The van der Waals surface area contributed by atoms with Crippen molar-refractivity contribution in [2.24, 2.45) is 10.7 Å². The SMILES string of the molecule is CC1(c2cc(Nc3ncccc3C#N)ccc2F)N=C(N)COC1C(F)(F)F. The quantitative estimate of drug-likeness (QED) is 0.780. The van der Waals surface area contributed by atoms with Crippen LogP contribution in [0.15, 0.2) is 41.5 Å². The number of pyridine rings is 1. The summed E-state index contributed by atoms with van der Waals surface area (Å²) in [7, 11) is 0. The summed E-state index contributed by atoms with van der Waals surface area (Å²) in [5, 5.41) is 11.9. The number of rotatable bonds is 3. The zero-order chi connectivity index (χ0) is 20.5. The first-order chi connectivity index (χ1) is 13.1. The lowest BCUT2D eigenvalue weighted by molar-refractivity contribution is -0.238. The lowest BCUT2D eigenvalue weighted by Gasteiger charge is -2.39. The molecule has 0 amide bonds. The van der Waals surface area contributed by atoms with E-state index in [1.807, 2.05) is 6.07 Å². The Morgan fingerprint density at radius 1 is 1.36 bits per heavy atom. The molecule has 1 aliphatic heterocycles. The summed E-state index contributed by atoms with van der Waals surface area (Å²) in [5.41, 5.74) is 3.55. The van der Waals surface area contributed by atoms with Gasteiger partial charge in [0, 0.05) is 17.4 Å². The van der Waals surface area contributed by atoms with E-state index in [9.17, 15) is 17.6 Å². The summed E-state index contributed by atoms with van der Waals surface area (Å²) < 4.78 is 59.9. The second-order valence-corrected chi connectivity index (χ2v) is 6.31. The van der Waals surface area contributed by atoms with E-state index in [0.717, 1.165) is 13.0 Å². The predicted molar refractivity (Wildman–Crippen MR) is 93.4 cm³/mol. The number of nitrogens with zero attached hydrogens (tertiary/aromatic N) is 3. The van der Waals surface area contributed by atoms with E-state index in [0.29, 0.717) is 0 Å². The summed E-state index contributed by atoms with van der Waals surface area (Å²) in [6.07, 6.45) is -5.72. The number of ether oxygens (including phenoxy) is 1. The van der Waals surface area contributed by atoms with E-state index in [4.69, 9.17) is 15.7 Å². The highest BCUT2D eigenvalue weighted by Gasteiger charge is 2.56. The topological polar surface area (TPSA) is 96.3 Å². The first-order valence-electron chi connectivity index (χ1n) is 8.10. The van der Waals surface area contributed by atoms with E-state index in [1.54, 1.807) is 6.07 Å². The molecule has 28 heavy (non-hydrogen) atoms. The van der Waals surface area contributed by atoms with Crippen molar-refractivity contribution < 1.29 is 22.3 Å². The van der Waals surface area contributed by atoms with Crippen LogP contribution in [0.4, 0.5) is 29.1 Å². The summed E-state index contributed by atoms with van der Waals surface area (Å²) in [5.74, 6) is -0.883. The molecule has 1 aromatic carbocycles. The molecule has 0 fully saturated rings. The van der Waals surface area contributed by atoms with Gasteiger partial charge in [-0.3, -0.25) is 4.99 Å². The monoisotopic (exact) mass is 393 g/mol. The molecule has 6 nitrogen and oxygen atoms in total. The van der Waals surface area contributed by atoms with E-state index >= 15 is 0 Å². The number of benzene rings is 1. The van der Waals surface area contributed by atoms with E-state index < -0.39 is 30.2 Å². The Morgan fingerprint density at radius 2 is 2.11 bits per heavy atom. The van der Waals surface area contributed by atoms with Crippen molar-refractivity contribution in [1.82, 2.24) is 4.98 Å². The van der Waals surface area contributed by atoms with Crippen LogP contribution in [0.3, 0.4) is 0 Å². The molecule has 2 unspecified atom stereocenters. The molecule has 10 heteroatoms. The fourth-order valence-electron chi connectivity index (χ4n) is 3.06. The number of aliphatic imine (C=N–C) groups is 1. The summed E-state index contributed by atoms with van der Waals surface area (Å²) in [4.78, 5) is 7.90. The van der Waals surface area contributed by atoms with Crippen molar-refractivity contribution in [2.75, 3.05) is 11.9 Å². The Hall–Kier alpha value is -3.19. The third-order valence-electron chi connectivity index (χ3n) is 4.28. The van der Waals surface area contributed by atoms with Crippen LogP contribution in [-0.2, 0) is 10.3 Å². The lowest BCUT2D eigenvalue weighted by atomic mass is 9.84. The zero-order valence-corrected chi connectivity index (χ0v) is 14.6. The summed E-state index contributed by atoms with van der Waals surface area (Å²) >= 11 is 0. The minimum atomic E-state index is -4.79. The second kappa shape index (κ2) is 7.09. The third kappa shape index (κ3) is 3.61. The molecule has 3 N–H and O–H groups in total. The van der Waals surface area contributed by atoms with Crippen molar-refractivity contribution >= 4 is 17.3 Å². The molecular formula is C18H15F4N5O. The van der Waals surface area contributed by atoms with Gasteiger partial charge in [-0.2, -0.15) is 18.4 Å². The third-order valence-corrected chi connectivity index (χ3v) is 4.28. The van der Waals surface area contributed by atoms with Gasteiger partial charge in [-0.25, -0.2) is 9.37 Å². The van der Waals surface area contributed by atoms with Crippen LogP contribution in [-0.4, -0.2) is 29.7 Å². The smallest absolute Gasteiger partial charge is 0.386 e. The highest BCUT2D eigenvalue weighted by atomic mass is 19.4. The molecule has 0 aliphatic carbocycles. The average molecular weight is 393 g/mol. The molecule has 0 bridgehead atoms. The Balaban J connectivity index is 2.08. The lowest BCUT2D eigenvalue weighted by Crippen LogP contribution is -2.53. The Labute approximate surface area is 157 Å². The van der Waals surface area contributed by atoms with Gasteiger partial charge in [0.1, 0.15) is 35.7 Å². The molecular weight excluding hydrogens is 378 g/mol. The molecule has 2 aromatic rings. The number of halogens is 4. The molecule has 146 valence electrons. The van der Waals surface area contributed by atoms with Gasteiger partial charge in [-0.05, 0) is 37.3 Å². The minimum absolute atomic E-state index is 0.169. The van der Waals surface area contributed by atoms with Gasteiger partial charge < -0.3 is 15.8 Å². The van der Waals surface area contributed by atoms with Crippen LogP contribution in [0, 0.1) is 17.1 Å². The fourth-order valence-corrected chi connectivity index (χ4v) is 3.06. The van der Waals surface area contributed by atoms with Crippen LogP contribution in [0.2, 0.25) is 0 Å². The molecule has 1 aromatic heterocycles. The van der Waals surface area contributed by atoms with Crippen molar-refractivity contribution in [3.63, 3.8) is 0 Å². The number of nitrogens with two attached hydrogens (primary N) is 1. The molecule has 1 aliphatic rings. The highest BCUT2D eigenvalue weighted by Crippen LogP contribution is 2.43. The van der Waals surface area contributed by atoms with E-state index in [2.05, 4.69) is 15.3 Å². The first kappa shape index (κ1) is 19.6. The number of alkyl halides is 3. The number of hydrogen-bond donors (Lipinski definition) is 2. The molecule has 2 heterocycles. The van der Waals surface area contributed by atoms with Crippen molar-refractivity contribution in [2.45, 2.75) is 24.7 Å². The number of hydrogen-bond acceptors (Lipinski definition) is 6. The first-order valence-corrected chi connectivity index (χ1v) is 8.10. The van der Waals surface area contributed by atoms with Gasteiger partial charge in [0.05, 0.1) is 5.56 Å². The molecule has 0 radical (unpaired) electrons. The van der Waals surface area contributed by atoms with Crippen LogP contribution in [0.25, 0.3) is 0 Å². The zero-order valence-electron chi connectivity index (χ0n) is 14.6. The molecule has 0 spiro atoms. The number of nitrogens with one attached hydrogen (secondary N) is 1. The standard InChI is InChI=1S/C18H15F4N5O/c1-17(16(18(20,21)22)28-9-14(24)27-17)12-7-11(4-5-13(12)19)26-15-10(8-23)3-2-6-25-15/h2-7,16H,9H2,1H3,(H2,24,27)(H,25,26). The molecule has 3 rings (SSSR count). The Kier molecular flexibility index (Phi) is 4.95. The maximum absolute atomic E-state index is 14.5. The van der Waals surface area contributed by atoms with E-state index in [1.165, 1.54) is 24.4 Å². The van der Waals surface area contributed by atoms with E-state index in [-0.39, 0.29) is 28.5 Å². The van der Waals surface area contributed by atoms with Crippen LogP contribution < -0.4 is 11.1 Å². The number of amidine groups is 1. The van der Waals surface area contributed by atoms with Crippen molar-refractivity contribution in [1.29, 1.82) is 5.26 Å². The Morgan fingerprint density at radius 3 is 2.79 bits per heavy atom. The van der Waals surface area contributed by atoms with Gasteiger partial charge in [0.2, 0.25) is 0 Å². The molecule has 0 saturated heterocycles. The van der Waals surface area contributed by atoms with Crippen LogP contribution in [0.5, 0.6) is 0 Å². The average Bonchev–Trinajstić information content (AvgIpc) is 2.62. The van der Waals surface area contributed by atoms with Crippen molar-refractivity contribution in [3.8, 4) is 6.07 Å². The minimum Gasteiger partial charge on any atom is -0.386 e. The molecule has 0 saturated carbocycles. The maximum Gasteiger partial charge on any atom is 0.417 e.